The standard InChI is InChI=1S/C13H22FN3O3S/c1-5-20-12-7-11(10(15)6-9(12)14)16-8-13(2,3)17-21(4,18)19/h6-7,16-17H,5,8,15H2,1-4H3. The Morgan fingerprint density at radius 1 is 1.38 bits per heavy atom. The summed E-state index contributed by atoms with van der Waals surface area (Å²) in [7, 11) is -3.33. The van der Waals surface area contributed by atoms with Crippen LogP contribution in [0.2, 0.25) is 0 Å². The van der Waals surface area contributed by atoms with Gasteiger partial charge in [0.1, 0.15) is 0 Å². The summed E-state index contributed by atoms with van der Waals surface area (Å²) in [5.74, 6) is -0.434. The molecule has 0 saturated heterocycles. The quantitative estimate of drug-likeness (QED) is 0.663. The van der Waals surface area contributed by atoms with Gasteiger partial charge in [-0.15, -0.1) is 0 Å². The van der Waals surface area contributed by atoms with Crippen molar-refractivity contribution in [3.05, 3.63) is 17.9 Å². The molecule has 0 heterocycles. The van der Waals surface area contributed by atoms with Crippen molar-refractivity contribution < 1.29 is 17.5 Å². The Hall–Kier alpha value is -1.54. The molecule has 0 bridgehead atoms. The van der Waals surface area contributed by atoms with Gasteiger partial charge in [0, 0.05) is 24.2 Å². The summed E-state index contributed by atoms with van der Waals surface area (Å²) >= 11 is 0. The molecule has 0 aliphatic rings. The Morgan fingerprint density at radius 3 is 2.52 bits per heavy atom. The van der Waals surface area contributed by atoms with E-state index in [1.165, 1.54) is 12.1 Å². The van der Waals surface area contributed by atoms with Gasteiger partial charge in [-0.3, -0.25) is 0 Å². The predicted octanol–water partition coefficient (Wildman–Crippen LogP) is 1.55. The van der Waals surface area contributed by atoms with Crippen molar-refractivity contribution in [2.75, 3.05) is 30.5 Å². The van der Waals surface area contributed by atoms with Crippen LogP contribution in [-0.2, 0) is 10.0 Å². The molecule has 0 saturated carbocycles. The van der Waals surface area contributed by atoms with E-state index in [9.17, 15) is 12.8 Å². The zero-order valence-electron chi connectivity index (χ0n) is 12.7. The molecule has 0 aliphatic carbocycles. The Bertz CT molecular complexity index is 603. The first-order chi connectivity index (χ1) is 9.54. The summed E-state index contributed by atoms with van der Waals surface area (Å²) in [6.45, 7) is 5.82. The largest absolute Gasteiger partial charge is 0.491 e. The first-order valence-corrected chi connectivity index (χ1v) is 8.38. The second kappa shape index (κ2) is 6.48. The van der Waals surface area contributed by atoms with Crippen LogP contribution in [-0.4, -0.2) is 33.4 Å². The highest BCUT2D eigenvalue weighted by Crippen LogP contribution is 2.28. The lowest BCUT2D eigenvalue weighted by molar-refractivity contribution is 0.322. The number of nitrogens with one attached hydrogen (secondary N) is 2. The molecule has 120 valence electrons. The van der Waals surface area contributed by atoms with E-state index in [1.54, 1.807) is 20.8 Å². The molecular formula is C13H22FN3O3S. The average molecular weight is 319 g/mol. The molecule has 0 atom stereocenters. The number of nitrogen functional groups attached to an aromatic ring is 1. The van der Waals surface area contributed by atoms with Gasteiger partial charge in [0.15, 0.2) is 11.6 Å². The number of sulfonamides is 1. The van der Waals surface area contributed by atoms with Gasteiger partial charge in [0.25, 0.3) is 0 Å². The monoisotopic (exact) mass is 319 g/mol. The molecule has 21 heavy (non-hydrogen) atoms. The van der Waals surface area contributed by atoms with Crippen LogP contribution in [0, 0.1) is 5.82 Å². The van der Waals surface area contributed by atoms with Gasteiger partial charge in [-0.25, -0.2) is 17.5 Å². The van der Waals surface area contributed by atoms with Crippen molar-refractivity contribution in [1.29, 1.82) is 0 Å². The maximum absolute atomic E-state index is 13.6. The van der Waals surface area contributed by atoms with E-state index >= 15 is 0 Å². The molecule has 6 nitrogen and oxygen atoms in total. The van der Waals surface area contributed by atoms with Crippen molar-refractivity contribution >= 4 is 21.4 Å². The second-order valence-electron chi connectivity index (χ2n) is 5.41. The van der Waals surface area contributed by atoms with Crippen LogP contribution in [0.1, 0.15) is 20.8 Å². The summed E-state index contributed by atoms with van der Waals surface area (Å²) in [5, 5.41) is 3.00. The van der Waals surface area contributed by atoms with Crippen LogP contribution < -0.4 is 20.5 Å². The topological polar surface area (TPSA) is 93.5 Å². The fourth-order valence-corrected chi connectivity index (χ4v) is 2.92. The molecule has 1 aromatic rings. The number of hydrogen-bond donors (Lipinski definition) is 3. The number of nitrogens with two attached hydrogens (primary N) is 1. The molecule has 0 radical (unpaired) electrons. The Balaban J connectivity index is 2.86. The van der Waals surface area contributed by atoms with Crippen LogP contribution in [0.15, 0.2) is 12.1 Å². The molecular weight excluding hydrogens is 297 g/mol. The van der Waals surface area contributed by atoms with E-state index in [2.05, 4.69) is 10.0 Å². The fourth-order valence-electron chi connectivity index (χ4n) is 1.84. The van der Waals surface area contributed by atoms with Crippen molar-refractivity contribution in [2.24, 2.45) is 0 Å². The maximum atomic E-state index is 13.6. The summed E-state index contributed by atoms with van der Waals surface area (Å²) in [4.78, 5) is 0. The molecule has 0 amide bonds. The van der Waals surface area contributed by atoms with Crippen molar-refractivity contribution in [1.82, 2.24) is 4.72 Å². The first kappa shape index (κ1) is 17.5. The van der Waals surface area contributed by atoms with Crippen LogP contribution in [0.5, 0.6) is 5.75 Å². The molecule has 0 aliphatic heterocycles. The third-order valence-corrected chi connectivity index (χ3v) is 3.51. The number of rotatable bonds is 7. The minimum Gasteiger partial charge on any atom is -0.491 e. The minimum absolute atomic E-state index is 0.100. The Labute approximate surface area is 124 Å². The number of hydrogen-bond acceptors (Lipinski definition) is 5. The summed E-state index contributed by atoms with van der Waals surface area (Å²) in [5.41, 5.74) is 5.74. The van der Waals surface area contributed by atoms with Crippen molar-refractivity contribution in [2.45, 2.75) is 26.3 Å². The summed E-state index contributed by atoms with van der Waals surface area (Å²) in [6.07, 6.45) is 1.09. The highest BCUT2D eigenvalue weighted by atomic mass is 32.2. The van der Waals surface area contributed by atoms with Gasteiger partial charge in [-0.1, -0.05) is 0 Å². The van der Waals surface area contributed by atoms with Crippen molar-refractivity contribution in [3.8, 4) is 5.75 Å². The van der Waals surface area contributed by atoms with Gasteiger partial charge in [0.2, 0.25) is 10.0 Å². The van der Waals surface area contributed by atoms with E-state index in [1.807, 2.05) is 0 Å². The summed E-state index contributed by atoms with van der Waals surface area (Å²) in [6, 6.07) is 2.63. The smallest absolute Gasteiger partial charge is 0.209 e. The fraction of sp³-hybridized carbons (Fsp3) is 0.538. The van der Waals surface area contributed by atoms with Crippen LogP contribution in [0.4, 0.5) is 15.8 Å². The van der Waals surface area contributed by atoms with E-state index in [-0.39, 0.29) is 18.0 Å². The van der Waals surface area contributed by atoms with Gasteiger partial charge >= 0.3 is 0 Å². The van der Waals surface area contributed by atoms with Gasteiger partial charge in [-0.05, 0) is 20.8 Å². The molecule has 1 rings (SSSR count). The Kier molecular flexibility index (Phi) is 5.41. The molecule has 0 spiro atoms. The molecule has 4 N–H and O–H groups in total. The van der Waals surface area contributed by atoms with E-state index in [0.29, 0.717) is 12.3 Å². The average Bonchev–Trinajstić information content (AvgIpc) is 2.28. The highest BCUT2D eigenvalue weighted by Gasteiger charge is 2.22. The molecule has 0 aromatic heterocycles. The number of benzene rings is 1. The zero-order chi connectivity index (χ0) is 16.3. The normalized spacial score (nSPS) is 12.2. The second-order valence-corrected chi connectivity index (χ2v) is 7.16. The molecule has 0 unspecified atom stereocenters. The maximum Gasteiger partial charge on any atom is 0.209 e. The van der Waals surface area contributed by atoms with Crippen LogP contribution in [0.3, 0.4) is 0 Å². The third kappa shape index (κ3) is 5.76. The summed E-state index contributed by atoms with van der Waals surface area (Å²) < 4.78 is 43.8. The van der Waals surface area contributed by atoms with Crippen molar-refractivity contribution in [3.63, 3.8) is 0 Å². The third-order valence-electron chi connectivity index (χ3n) is 2.59. The number of ether oxygens (including phenoxy) is 1. The Morgan fingerprint density at radius 2 is 2.00 bits per heavy atom. The molecule has 1 aromatic carbocycles. The van der Waals surface area contributed by atoms with E-state index in [4.69, 9.17) is 10.5 Å². The van der Waals surface area contributed by atoms with Gasteiger partial charge in [-0.2, -0.15) is 0 Å². The first-order valence-electron chi connectivity index (χ1n) is 6.49. The van der Waals surface area contributed by atoms with Crippen LogP contribution >= 0.6 is 0 Å². The SMILES string of the molecule is CCOc1cc(NCC(C)(C)NS(C)(=O)=O)c(N)cc1F. The van der Waals surface area contributed by atoms with Gasteiger partial charge < -0.3 is 15.8 Å². The lowest BCUT2D eigenvalue weighted by Crippen LogP contribution is -2.47. The van der Waals surface area contributed by atoms with Gasteiger partial charge in [0.05, 0.1) is 24.2 Å². The lowest BCUT2D eigenvalue weighted by atomic mass is 10.1. The predicted molar refractivity (Wildman–Crippen MR) is 82.5 cm³/mol. The van der Waals surface area contributed by atoms with E-state index < -0.39 is 21.4 Å². The zero-order valence-corrected chi connectivity index (χ0v) is 13.5. The highest BCUT2D eigenvalue weighted by molar-refractivity contribution is 7.88. The minimum atomic E-state index is -3.33. The van der Waals surface area contributed by atoms with Crippen LogP contribution in [0.25, 0.3) is 0 Å². The van der Waals surface area contributed by atoms with E-state index in [0.717, 1.165) is 6.26 Å². The lowest BCUT2D eigenvalue weighted by Gasteiger charge is -2.26. The number of anilines is 2. The molecule has 0 fully saturated rings. The number of halogens is 1. The molecule has 8 heteroatoms.